The van der Waals surface area contributed by atoms with Gasteiger partial charge in [0.25, 0.3) is 0 Å². The molecule has 0 aliphatic heterocycles. The van der Waals surface area contributed by atoms with Crippen molar-refractivity contribution >= 4 is 62.4 Å². The highest BCUT2D eigenvalue weighted by Gasteiger charge is 2.09. The van der Waals surface area contributed by atoms with Crippen LogP contribution in [-0.2, 0) is 0 Å². The minimum Gasteiger partial charge on any atom is -0.398 e. The minimum atomic E-state index is 0.0742. The lowest BCUT2D eigenvalue weighted by atomic mass is 10.1. The average Bonchev–Trinajstić information content (AvgIpc) is 2.74. The van der Waals surface area contributed by atoms with Crippen molar-refractivity contribution in [3.63, 3.8) is 0 Å². The highest BCUT2D eigenvalue weighted by Crippen LogP contribution is 2.27. The standard InChI is InChI=1S/C23H22N10/c1-11-7-17(24)15-9-13(3-5-19(15)27-11)29-22-31-21(26)32-23(33-22)30-14-4-6-20-16(10-14)18(25)8-12(2)28-20/h3-10H,1-2H3,(H2,24,27)(H2,25,28)(H4,26,29,30,31,32,33). The lowest BCUT2D eigenvalue weighted by Crippen LogP contribution is -2.07. The molecule has 33 heavy (non-hydrogen) atoms. The second kappa shape index (κ2) is 7.75. The Labute approximate surface area is 189 Å². The van der Waals surface area contributed by atoms with Crippen LogP contribution in [0.25, 0.3) is 21.8 Å². The number of pyridine rings is 2. The van der Waals surface area contributed by atoms with E-state index in [2.05, 4.69) is 35.6 Å². The molecule has 5 rings (SSSR count). The third-order valence-corrected chi connectivity index (χ3v) is 5.10. The highest BCUT2D eigenvalue weighted by atomic mass is 15.2. The molecule has 10 heteroatoms. The number of hydrogen-bond donors (Lipinski definition) is 5. The van der Waals surface area contributed by atoms with Crippen LogP contribution in [-0.4, -0.2) is 24.9 Å². The summed E-state index contributed by atoms with van der Waals surface area (Å²) < 4.78 is 0. The van der Waals surface area contributed by atoms with Gasteiger partial charge in [-0.25, -0.2) is 0 Å². The van der Waals surface area contributed by atoms with E-state index in [-0.39, 0.29) is 5.95 Å². The van der Waals surface area contributed by atoms with Crippen molar-refractivity contribution in [2.75, 3.05) is 27.8 Å². The normalized spacial score (nSPS) is 11.1. The molecule has 0 saturated carbocycles. The van der Waals surface area contributed by atoms with Crippen LogP contribution in [0.1, 0.15) is 11.4 Å². The number of anilines is 7. The van der Waals surface area contributed by atoms with Crippen molar-refractivity contribution in [3.8, 4) is 0 Å². The average molecular weight is 438 g/mol. The fourth-order valence-corrected chi connectivity index (χ4v) is 3.70. The first-order chi connectivity index (χ1) is 15.8. The molecule has 10 nitrogen and oxygen atoms in total. The van der Waals surface area contributed by atoms with Crippen molar-refractivity contribution in [3.05, 3.63) is 59.9 Å². The van der Waals surface area contributed by atoms with E-state index in [1.54, 1.807) is 0 Å². The summed E-state index contributed by atoms with van der Waals surface area (Å²) in [5.74, 6) is 0.659. The van der Waals surface area contributed by atoms with Crippen molar-refractivity contribution in [2.45, 2.75) is 13.8 Å². The maximum absolute atomic E-state index is 6.16. The van der Waals surface area contributed by atoms with E-state index in [9.17, 15) is 0 Å². The molecule has 0 saturated heterocycles. The van der Waals surface area contributed by atoms with E-state index in [0.717, 1.165) is 44.6 Å². The molecule has 3 heterocycles. The van der Waals surface area contributed by atoms with Gasteiger partial charge < -0.3 is 27.8 Å². The number of fused-ring (bicyclic) bond motifs is 2. The van der Waals surface area contributed by atoms with Crippen LogP contribution in [0.3, 0.4) is 0 Å². The number of nitrogens with two attached hydrogens (primary N) is 3. The number of nitrogens with zero attached hydrogens (tertiary/aromatic N) is 5. The number of benzene rings is 2. The molecule has 0 bridgehead atoms. The summed E-state index contributed by atoms with van der Waals surface area (Å²) in [6, 6.07) is 15.0. The number of aromatic nitrogens is 5. The van der Waals surface area contributed by atoms with Gasteiger partial charge in [0.1, 0.15) is 0 Å². The van der Waals surface area contributed by atoms with E-state index >= 15 is 0 Å². The van der Waals surface area contributed by atoms with Gasteiger partial charge in [0.2, 0.25) is 17.8 Å². The van der Waals surface area contributed by atoms with Crippen LogP contribution in [0, 0.1) is 13.8 Å². The molecule has 3 aromatic heterocycles. The Hall–Kier alpha value is -4.73. The summed E-state index contributed by atoms with van der Waals surface area (Å²) in [5.41, 5.74) is 24.4. The predicted octanol–water partition coefficient (Wildman–Crippen LogP) is 3.82. The molecular weight excluding hydrogens is 416 g/mol. The van der Waals surface area contributed by atoms with Gasteiger partial charge in [0.05, 0.1) is 11.0 Å². The SMILES string of the molecule is Cc1cc(N)c2cc(Nc3nc(N)nc(Nc4ccc5nc(C)cc(N)c5c4)n3)ccc2n1. The van der Waals surface area contributed by atoms with Crippen LogP contribution in [0.2, 0.25) is 0 Å². The molecule has 0 amide bonds. The van der Waals surface area contributed by atoms with Crippen LogP contribution in [0.4, 0.5) is 40.6 Å². The molecule has 0 unspecified atom stereocenters. The summed E-state index contributed by atoms with van der Waals surface area (Å²) in [6.07, 6.45) is 0. The number of rotatable bonds is 4. The molecule has 0 fully saturated rings. The highest BCUT2D eigenvalue weighted by molar-refractivity contribution is 5.94. The summed E-state index contributed by atoms with van der Waals surface area (Å²) >= 11 is 0. The van der Waals surface area contributed by atoms with E-state index in [1.807, 2.05) is 62.4 Å². The maximum atomic E-state index is 6.16. The number of nitrogens with one attached hydrogen (secondary N) is 2. The first-order valence-electron chi connectivity index (χ1n) is 10.2. The Balaban J connectivity index is 1.44. The minimum absolute atomic E-state index is 0.0742. The van der Waals surface area contributed by atoms with Crippen LogP contribution in [0.15, 0.2) is 48.5 Å². The van der Waals surface area contributed by atoms with Gasteiger partial charge in [0.15, 0.2) is 0 Å². The van der Waals surface area contributed by atoms with Crippen molar-refractivity contribution < 1.29 is 0 Å². The summed E-state index contributed by atoms with van der Waals surface area (Å²) in [4.78, 5) is 21.8. The number of aryl methyl sites for hydroxylation is 2. The smallest absolute Gasteiger partial charge is 0.233 e. The predicted molar refractivity (Wildman–Crippen MR) is 133 cm³/mol. The first kappa shape index (κ1) is 20.2. The van der Waals surface area contributed by atoms with E-state index in [0.29, 0.717) is 23.3 Å². The Kier molecular flexibility index (Phi) is 4.74. The molecule has 0 aliphatic carbocycles. The molecule has 5 aromatic rings. The molecule has 164 valence electrons. The monoisotopic (exact) mass is 438 g/mol. The van der Waals surface area contributed by atoms with Gasteiger partial charge in [-0.15, -0.1) is 0 Å². The van der Waals surface area contributed by atoms with Gasteiger partial charge in [-0.05, 0) is 62.4 Å². The molecule has 0 aliphatic rings. The molecule has 0 atom stereocenters. The van der Waals surface area contributed by atoms with Gasteiger partial charge in [-0.3, -0.25) is 9.97 Å². The van der Waals surface area contributed by atoms with Gasteiger partial charge in [-0.1, -0.05) is 0 Å². The van der Waals surface area contributed by atoms with Crippen molar-refractivity contribution in [1.82, 2.24) is 24.9 Å². The van der Waals surface area contributed by atoms with E-state index in [4.69, 9.17) is 17.2 Å². The third-order valence-electron chi connectivity index (χ3n) is 5.10. The number of hydrogen-bond acceptors (Lipinski definition) is 10. The second-order valence-corrected chi connectivity index (χ2v) is 7.76. The van der Waals surface area contributed by atoms with Gasteiger partial charge in [-0.2, -0.15) is 15.0 Å². The molecular formula is C23H22N10. The summed E-state index contributed by atoms with van der Waals surface area (Å²) in [6.45, 7) is 3.82. The fraction of sp³-hybridized carbons (Fsp3) is 0.0870. The molecule has 2 aromatic carbocycles. The zero-order valence-electron chi connectivity index (χ0n) is 18.1. The largest absolute Gasteiger partial charge is 0.398 e. The summed E-state index contributed by atoms with van der Waals surface area (Å²) in [7, 11) is 0. The van der Waals surface area contributed by atoms with Gasteiger partial charge >= 0.3 is 0 Å². The second-order valence-electron chi connectivity index (χ2n) is 7.76. The Morgan fingerprint density at radius 3 is 1.48 bits per heavy atom. The van der Waals surface area contributed by atoms with Crippen LogP contribution >= 0.6 is 0 Å². The molecule has 0 spiro atoms. The first-order valence-corrected chi connectivity index (χ1v) is 10.2. The van der Waals surface area contributed by atoms with Crippen LogP contribution < -0.4 is 27.8 Å². The third kappa shape index (κ3) is 4.09. The van der Waals surface area contributed by atoms with Crippen LogP contribution in [0.5, 0.6) is 0 Å². The van der Waals surface area contributed by atoms with E-state index in [1.165, 1.54) is 0 Å². The maximum Gasteiger partial charge on any atom is 0.233 e. The van der Waals surface area contributed by atoms with Gasteiger partial charge in [0, 0.05) is 44.9 Å². The van der Waals surface area contributed by atoms with Crippen molar-refractivity contribution in [2.24, 2.45) is 0 Å². The quantitative estimate of drug-likeness (QED) is 0.278. The zero-order valence-corrected chi connectivity index (χ0v) is 18.1. The summed E-state index contributed by atoms with van der Waals surface area (Å²) in [5, 5.41) is 7.98. The molecule has 8 N–H and O–H groups in total. The lowest BCUT2D eigenvalue weighted by Gasteiger charge is -2.11. The fourth-order valence-electron chi connectivity index (χ4n) is 3.70. The topological polar surface area (TPSA) is 167 Å². The van der Waals surface area contributed by atoms with Crippen molar-refractivity contribution in [1.29, 1.82) is 0 Å². The number of nitrogen functional groups attached to an aromatic ring is 3. The Bertz CT molecular complexity index is 1420. The van der Waals surface area contributed by atoms with E-state index < -0.39 is 0 Å². The Morgan fingerprint density at radius 2 is 1.03 bits per heavy atom. The molecule has 0 radical (unpaired) electrons. The Morgan fingerprint density at radius 1 is 0.576 bits per heavy atom. The lowest BCUT2D eigenvalue weighted by molar-refractivity contribution is 1.07. The zero-order chi connectivity index (χ0) is 23.1.